The molecule has 1 saturated carbocycles. The van der Waals surface area contributed by atoms with E-state index in [2.05, 4.69) is 20.4 Å². The summed E-state index contributed by atoms with van der Waals surface area (Å²) in [4.78, 5) is 13.2. The Balaban J connectivity index is 0.000000437. The second-order valence-corrected chi connectivity index (χ2v) is 4.71. The maximum Gasteiger partial charge on any atom is 0.251 e. The van der Waals surface area contributed by atoms with Crippen molar-refractivity contribution in [2.75, 3.05) is 0 Å². The fourth-order valence-electron chi connectivity index (χ4n) is 2.26. The van der Waals surface area contributed by atoms with E-state index in [-0.39, 0.29) is 18.1 Å². The summed E-state index contributed by atoms with van der Waals surface area (Å²) < 4.78 is 0. The van der Waals surface area contributed by atoms with Gasteiger partial charge in [-0.1, -0.05) is 26.8 Å². The molecule has 0 spiro atoms. The van der Waals surface area contributed by atoms with Gasteiger partial charge >= 0.3 is 0 Å². The van der Waals surface area contributed by atoms with Gasteiger partial charge in [0, 0.05) is 17.8 Å². The van der Waals surface area contributed by atoms with Crippen molar-refractivity contribution in [3.05, 3.63) is 24.4 Å². The van der Waals surface area contributed by atoms with Crippen LogP contribution in [-0.2, 0) is 4.79 Å². The van der Waals surface area contributed by atoms with E-state index in [4.69, 9.17) is 0 Å². The highest BCUT2D eigenvalue weighted by molar-refractivity contribution is 5.93. The Morgan fingerprint density at radius 1 is 1.41 bits per heavy atom. The number of rotatable bonds is 1. The van der Waals surface area contributed by atoms with Gasteiger partial charge in [0.2, 0.25) is 0 Å². The van der Waals surface area contributed by atoms with Crippen molar-refractivity contribution in [1.82, 2.24) is 4.90 Å². The molecule has 2 aliphatic rings. The second kappa shape index (κ2) is 6.60. The fraction of sp³-hybridized carbons (Fsp3) is 0.643. The van der Waals surface area contributed by atoms with Crippen LogP contribution in [0.15, 0.2) is 24.4 Å². The Kier molecular flexibility index (Phi) is 5.42. The summed E-state index contributed by atoms with van der Waals surface area (Å²) >= 11 is 0. The van der Waals surface area contributed by atoms with Crippen molar-refractivity contribution in [2.45, 2.75) is 58.1 Å². The molecule has 2 unspecified atom stereocenters. The number of hydrogen-bond donors (Lipinski definition) is 1. The van der Waals surface area contributed by atoms with Crippen LogP contribution in [0, 0.1) is 0 Å². The van der Waals surface area contributed by atoms with Crippen LogP contribution < -0.4 is 0 Å². The normalized spacial score (nSPS) is 28.1. The minimum absolute atomic E-state index is 0.00843. The number of carbonyl (C=O) groups excluding carboxylic acids is 1. The van der Waals surface area contributed by atoms with Crippen LogP contribution in [0.3, 0.4) is 0 Å². The molecule has 96 valence electrons. The SMILES string of the molecule is C=C1C=CC(=O)N1C1CCCC(O)C1.CCC. The molecule has 0 radical (unpaired) electrons. The Morgan fingerprint density at radius 3 is 2.53 bits per heavy atom. The molecule has 0 aromatic carbocycles. The third kappa shape index (κ3) is 3.70. The van der Waals surface area contributed by atoms with Gasteiger partial charge in [-0.05, 0) is 31.8 Å². The highest BCUT2D eigenvalue weighted by Crippen LogP contribution is 2.28. The topological polar surface area (TPSA) is 40.5 Å². The van der Waals surface area contributed by atoms with Crippen LogP contribution in [0.25, 0.3) is 0 Å². The average molecular weight is 237 g/mol. The first-order chi connectivity index (χ1) is 8.10. The van der Waals surface area contributed by atoms with Gasteiger partial charge in [0.15, 0.2) is 0 Å². The van der Waals surface area contributed by atoms with Crippen molar-refractivity contribution in [3.8, 4) is 0 Å². The Bertz CT molecular complexity index is 291. The monoisotopic (exact) mass is 237 g/mol. The van der Waals surface area contributed by atoms with E-state index < -0.39 is 0 Å². The summed E-state index contributed by atoms with van der Waals surface area (Å²) in [5.74, 6) is 0.00843. The zero-order chi connectivity index (χ0) is 12.8. The lowest BCUT2D eigenvalue weighted by atomic mass is 9.92. The number of nitrogens with zero attached hydrogens (tertiary/aromatic N) is 1. The van der Waals surface area contributed by atoms with Crippen molar-refractivity contribution >= 4 is 5.91 Å². The second-order valence-electron chi connectivity index (χ2n) is 4.71. The predicted molar refractivity (Wildman–Crippen MR) is 69.4 cm³/mol. The zero-order valence-corrected chi connectivity index (χ0v) is 10.9. The average Bonchev–Trinajstić information content (AvgIpc) is 2.60. The maximum absolute atomic E-state index is 11.5. The number of allylic oxidation sites excluding steroid dienone is 1. The molecule has 3 nitrogen and oxygen atoms in total. The van der Waals surface area contributed by atoms with Crippen LogP contribution in [0.5, 0.6) is 0 Å². The van der Waals surface area contributed by atoms with E-state index in [1.807, 2.05) is 0 Å². The van der Waals surface area contributed by atoms with Crippen LogP contribution in [0.2, 0.25) is 0 Å². The lowest BCUT2D eigenvalue weighted by Crippen LogP contribution is -2.40. The Labute approximate surface area is 104 Å². The van der Waals surface area contributed by atoms with Gasteiger partial charge in [0.25, 0.3) is 5.91 Å². The van der Waals surface area contributed by atoms with E-state index in [0.717, 1.165) is 25.0 Å². The third-order valence-corrected chi connectivity index (χ3v) is 2.95. The molecule has 1 amide bonds. The van der Waals surface area contributed by atoms with E-state index in [1.165, 1.54) is 6.42 Å². The molecule has 1 fully saturated rings. The first kappa shape index (κ1) is 14.0. The van der Waals surface area contributed by atoms with Gasteiger partial charge in [0.1, 0.15) is 0 Å². The minimum Gasteiger partial charge on any atom is -0.393 e. The van der Waals surface area contributed by atoms with Crippen LogP contribution in [0.4, 0.5) is 0 Å². The van der Waals surface area contributed by atoms with Crippen molar-refractivity contribution in [2.24, 2.45) is 0 Å². The molecule has 1 aliphatic heterocycles. The molecule has 0 aromatic rings. The summed E-state index contributed by atoms with van der Waals surface area (Å²) in [6, 6.07) is 0.147. The lowest BCUT2D eigenvalue weighted by molar-refractivity contribution is -0.126. The van der Waals surface area contributed by atoms with Crippen molar-refractivity contribution in [1.29, 1.82) is 0 Å². The minimum atomic E-state index is -0.255. The molecule has 1 N–H and O–H groups in total. The standard InChI is InChI=1S/C11H15NO2.C3H8/c1-8-5-6-11(14)12(8)9-3-2-4-10(13)7-9;1-3-2/h5-6,9-10,13H,1-4,7H2;3H2,1-2H3. The predicted octanol–water partition coefficient (Wildman–Crippen LogP) is 2.62. The molecule has 1 aliphatic carbocycles. The molecular weight excluding hydrogens is 214 g/mol. The maximum atomic E-state index is 11.5. The Hall–Kier alpha value is -1.09. The highest BCUT2D eigenvalue weighted by atomic mass is 16.3. The molecule has 0 bridgehead atoms. The molecule has 0 aromatic heterocycles. The molecule has 2 rings (SSSR count). The molecule has 3 heteroatoms. The molecule has 17 heavy (non-hydrogen) atoms. The van der Waals surface area contributed by atoms with Gasteiger partial charge in [-0.15, -0.1) is 0 Å². The van der Waals surface area contributed by atoms with Gasteiger partial charge in [-0.3, -0.25) is 4.79 Å². The number of hydrogen-bond acceptors (Lipinski definition) is 2. The van der Waals surface area contributed by atoms with Crippen molar-refractivity contribution < 1.29 is 9.90 Å². The number of aliphatic hydroxyl groups is 1. The van der Waals surface area contributed by atoms with Gasteiger partial charge in [-0.25, -0.2) is 0 Å². The molecule has 0 saturated heterocycles. The first-order valence-electron chi connectivity index (χ1n) is 6.48. The Morgan fingerprint density at radius 2 is 2.06 bits per heavy atom. The van der Waals surface area contributed by atoms with E-state index in [1.54, 1.807) is 17.1 Å². The van der Waals surface area contributed by atoms with Gasteiger partial charge in [-0.2, -0.15) is 0 Å². The third-order valence-electron chi connectivity index (χ3n) is 2.95. The molecule has 2 atom stereocenters. The van der Waals surface area contributed by atoms with E-state index >= 15 is 0 Å². The number of amides is 1. The lowest BCUT2D eigenvalue weighted by Gasteiger charge is -2.33. The summed E-state index contributed by atoms with van der Waals surface area (Å²) in [5.41, 5.74) is 0.758. The zero-order valence-electron chi connectivity index (χ0n) is 10.9. The molecular formula is C14H23NO2. The quantitative estimate of drug-likeness (QED) is 0.761. The van der Waals surface area contributed by atoms with E-state index in [9.17, 15) is 9.90 Å². The summed E-state index contributed by atoms with van der Waals surface area (Å²) in [6.07, 6.45) is 7.79. The van der Waals surface area contributed by atoms with Gasteiger partial charge in [0.05, 0.1) is 6.10 Å². The number of aliphatic hydroxyl groups excluding tert-OH is 1. The van der Waals surface area contributed by atoms with Crippen LogP contribution >= 0.6 is 0 Å². The van der Waals surface area contributed by atoms with Crippen molar-refractivity contribution in [3.63, 3.8) is 0 Å². The summed E-state index contributed by atoms with van der Waals surface area (Å²) in [7, 11) is 0. The van der Waals surface area contributed by atoms with Gasteiger partial charge < -0.3 is 10.0 Å². The van der Waals surface area contributed by atoms with Crippen LogP contribution in [-0.4, -0.2) is 28.1 Å². The largest absolute Gasteiger partial charge is 0.393 e. The first-order valence-corrected chi connectivity index (χ1v) is 6.48. The molecule has 1 heterocycles. The highest BCUT2D eigenvalue weighted by Gasteiger charge is 2.31. The fourth-order valence-corrected chi connectivity index (χ4v) is 2.26. The summed E-state index contributed by atoms with van der Waals surface area (Å²) in [5, 5.41) is 9.52. The van der Waals surface area contributed by atoms with E-state index in [0.29, 0.717) is 6.42 Å². The van der Waals surface area contributed by atoms with Crippen LogP contribution in [0.1, 0.15) is 46.0 Å². The smallest absolute Gasteiger partial charge is 0.251 e. The number of carbonyl (C=O) groups is 1. The summed E-state index contributed by atoms with van der Waals surface area (Å²) in [6.45, 7) is 8.07.